The Morgan fingerprint density at radius 3 is 2.77 bits per heavy atom. The number of carbonyl (C=O) groups is 2. The van der Waals surface area contributed by atoms with Gasteiger partial charge in [0, 0.05) is 12.1 Å². The molecule has 1 saturated heterocycles. The predicted octanol–water partition coefficient (Wildman–Crippen LogP) is 2.40. The van der Waals surface area contributed by atoms with Gasteiger partial charge < -0.3 is 9.73 Å². The summed E-state index contributed by atoms with van der Waals surface area (Å²) in [5.41, 5.74) is 1.89. The van der Waals surface area contributed by atoms with Crippen molar-refractivity contribution >= 4 is 17.5 Å². The fourth-order valence-electron chi connectivity index (χ4n) is 2.67. The first-order valence-electron chi connectivity index (χ1n) is 7.34. The van der Waals surface area contributed by atoms with Crippen LogP contribution in [0, 0.1) is 6.92 Å². The summed E-state index contributed by atoms with van der Waals surface area (Å²) in [6, 6.07) is 10.8. The smallest absolute Gasteiger partial charge is 0.243 e. The van der Waals surface area contributed by atoms with Gasteiger partial charge in [-0.15, -0.1) is 0 Å². The van der Waals surface area contributed by atoms with Crippen LogP contribution in [0.3, 0.4) is 0 Å². The van der Waals surface area contributed by atoms with Gasteiger partial charge in [-0.1, -0.05) is 17.7 Å². The monoisotopic (exact) mass is 298 g/mol. The zero-order valence-corrected chi connectivity index (χ0v) is 12.4. The number of nitrogens with zero attached hydrogens (tertiary/aromatic N) is 1. The Bertz CT molecular complexity index is 662. The van der Waals surface area contributed by atoms with Gasteiger partial charge in [-0.2, -0.15) is 0 Å². The maximum Gasteiger partial charge on any atom is 0.243 e. The number of carbonyl (C=O) groups excluding carboxylic acids is 2. The van der Waals surface area contributed by atoms with Gasteiger partial charge in [0.1, 0.15) is 11.8 Å². The zero-order chi connectivity index (χ0) is 15.5. The molecule has 1 aromatic heterocycles. The number of rotatable bonds is 4. The summed E-state index contributed by atoms with van der Waals surface area (Å²) in [5.74, 6) is 0.532. The molecule has 22 heavy (non-hydrogen) atoms. The quantitative estimate of drug-likeness (QED) is 0.942. The molecule has 1 N–H and O–H groups in total. The fourth-order valence-corrected chi connectivity index (χ4v) is 2.67. The van der Waals surface area contributed by atoms with Crippen molar-refractivity contribution in [3.63, 3.8) is 0 Å². The van der Waals surface area contributed by atoms with Crippen molar-refractivity contribution in [1.29, 1.82) is 0 Å². The van der Waals surface area contributed by atoms with Crippen LogP contribution in [0.2, 0.25) is 0 Å². The minimum atomic E-state index is -0.454. The Labute approximate surface area is 128 Å². The highest BCUT2D eigenvalue weighted by atomic mass is 16.3. The number of anilines is 1. The van der Waals surface area contributed by atoms with Crippen LogP contribution in [0.25, 0.3) is 0 Å². The zero-order valence-electron chi connectivity index (χ0n) is 12.4. The van der Waals surface area contributed by atoms with Gasteiger partial charge in [-0.25, -0.2) is 0 Å². The predicted molar refractivity (Wildman–Crippen MR) is 82.2 cm³/mol. The summed E-state index contributed by atoms with van der Waals surface area (Å²) < 4.78 is 5.20. The number of aryl methyl sites for hydroxylation is 1. The molecule has 1 aromatic carbocycles. The Morgan fingerprint density at radius 1 is 1.32 bits per heavy atom. The number of hydrogen-bond acceptors (Lipinski definition) is 3. The van der Waals surface area contributed by atoms with E-state index < -0.39 is 6.04 Å². The van der Waals surface area contributed by atoms with Crippen LogP contribution in [0.5, 0.6) is 0 Å². The molecule has 5 nitrogen and oxygen atoms in total. The lowest BCUT2D eigenvalue weighted by Crippen LogP contribution is -2.44. The van der Waals surface area contributed by atoms with E-state index in [1.807, 2.05) is 31.2 Å². The van der Waals surface area contributed by atoms with Crippen LogP contribution < -0.4 is 10.2 Å². The molecule has 114 valence electrons. The lowest BCUT2D eigenvalue weighted by Gasteiger charge is -2.24. The second-order valence-corrected chi connectivity index (χ2v) is 5.45. The van der Waals surface area contributed by atoms with Gasteiger partial charge in [0.15, 0.2) is 0 Å². The summed E-state index contributed by atoms with van der Waals surface area (Å²) in [4.78, 5) is 26.1. The molecule has 1 aliphatic heterocycles. The van der Waals surface area contributed by atoms with Gasteiger partial charge in [0.05, 0.1) is 12.8 Å². The Morgan fingerprint density at radius 2 is 2.09 bits per heavy atom. The molecule has 2 aromatic rings. The normalized spacial score (nSPS) is 17.8. The van der Waals surface area contributed by atoms with E-state index in [1.54, 1.807) is 23.3 Å². The van der Waals surface area contributed by atoms with Gasteiger partial charge in [0.25, 0.3) is 0 Å². The third-order valence-electron chi connectivity index (χ3n) is 3.84. The van der Waals surface area contributed by atoms with Crippen molar-refractivity contribution in [2.24, 2.45) is 0 Å². The van der Waals surface area contributed by atoms with Crippen molar-refractivity contribution in [2.45, 2.75) is 32.4 Å². The summed E-state index contributed by atoms with van der Waals surface area (Å²) in [5, 5.41) is 2.83. The van der Waals surface area contributed by atoms with Crippen molar-refractivity contribution in [2.75, 3.05) is 4.90 Å². The summed E-state index contributed by atoms with van der Waals surface area (Å²) in [6.07, 6.45) is 2.50. The van der Waals surface area contributed by atoms with Crippen LogP contribution in [-0.4, -0.2) is 17.9 Å². The van der Waals surface area contributed by atoms with Gasteiger partial charge in [-0.05, 0) is 37.6 Å². The van der Waals surface area contributed by atoms with Gasteiger partial charge in [-0.3, -0.25) is 14.5 Å². The number of hydrogen-bond donors (Lipinski definition) is 1. The first-order chi connectivity index (χ1) is 10.6. The molecule has 3 rings (SSSR count). The van der Waals surface area contributed by atoms with Crippen molar-refractivity contribution in [3.8, 4) is 0 Å². The second-order valence-electron chi connectivity index (χ2n) is 5.45. The van der Waals surface area contributed by atoms with E-state index in [-0.39, 0.29) is 11.8 Å². The van der Waals surface area contributed by atoms with Crippen molar-refractivity contribution < 1.29 is 14.0 Å². The molecule has 0 bridgehead atoms. The van der Waals surface area contributed by atoms with E-state index >= 15 is 0 Å². The lowest BCUT2D eigenvalue weighted by atomic mass is 10.1. The Balaban J connectivity index is 1.72. The third-order valence-corrected chi connectivity index (χ3v) is 3.84. The molecule has 1 unspecified atom stereocenters. The first kappa shape index (κ1) is 14.4. The molecule has 2 heterocycles. The highest BCUT2D eigenvalue weighted by Crippen LogP contribution is 2.27. The largest absolute Gasteiger partial charge is 0.467 e. The summed E-state index contributed by atoms with van der Waals surface area (Å²) in [7, 11) is 0. The molecule has 2 amide bonds. The molecule has 0 radical (unpaired) electrons. The van der Waals surface area contributed by atoms with E-state index in [4.69, 9.17) is 4.42 Å². The summed E-state index contributed by atoms with van der Waals surface area (Å²) in [6.45, 7) is 2.32. The number of furan rings is 1. The maximum absolute atomic E-state index is 12.4. The molecule has 1 fully saturated rings. The van der Waals surface area contributed by atoms with Crippen molar-refractivity contribution in [1.82, 2.24) is 5.32 Å². The number of amides is 2. The Hall–Kier alpha value is -2.56. The minimum absolute atomic E-state index is 0.0120. The molecule has 5 heteroatoms. The average Bonchev–Trinajstić information content (AvgIpc) is 3.15. The molecule has 0 aliphatic carbocycles. The summed E-state index contributed by atoms with van der Waals surface area (Å²) >= 11 is 0. The molecule has 0 spiro atoms. The first-order valence-corrected chi connectivity index (χ1v) is 7.34. The molecular formula is C17H18N2O3. The van der Waals surface area contributed by atoms with Crippen molar-refractivity contribution in [3.05, 3.63) is 54.0 Å². The van der Waals surface area contributed by atoms with Crippen LogP contribution in [0.15, 0.2) is 47.1 Å². The van der Waals surface area contributed by atoms with Gasteiger partial charge >= 0.3 is 0 Å². The Kier molecular flexibility index (Phi) is 3.96. The van der Waals surface area contributed by atoms with Crippen LogP contribution in [0.4, 0.5) is 5.69 Å². The topological polar surface area (TPSA) is 62.6 Å². The van der Waals surface area contributed by atoms with E-state index in [0.717, 1.165) is 11.3 Å². The lowest BCUT2D eigenvalue weighted by molar-refractivity contribution is -0.124. The molecule has 1 aliphatic rings. The average molecular weight is 298 g/mol. The SMILES string of the molecule is Cc1ccc(N2C(=O)CCC2C(=O)NCc2ccco2)cc1. The van der Waals surface area contributed by atoms with Crippen LogP contribution in [0.1, 0.15) is 24.2 Å². The maximum atomic E-state index is 12.4. The number of benzene rings is 1. The molecule has 0 saturated carbocycles. The van der Waals surface area contributed by atoms with E-state index in [0.29, 0.717) is 25.1 Å². The highest BCUT2D eigenvalue weighted by molar-refractivity contribution is 6.03. The molecular weight excluding hydrogens is 280 g/mol. The third kappa shape index (κ3) is 2.88. The number of nitrogens with one attached hydrogen (secondary N) is 1. The molecule has 1 atom stereocenters. The van der Waals surface area contributed by atoms with E-state index in [9.17, 15) is 9.59 Å². The van der Waals surface area contributed by atoms with Crippen LogP contribution in [-0.2, 0) is 16.1 Å². The van der Waals surface area contributed by atoms with E-state index in [1.165, 1.54) is 0 Å². The minimum Gasteiger partial charge on any atom is -0.467 e. The fraction of sp³-hybridized carbons (Fsp3) is 0.294. The highest BCUT2D eigenvalue weighted by Gasteiger charge is 2.36. The standard InChI is InChI=1S/C17H18N2O3/c1-12-4-6-13(7-5-12)19-15(8-9-16(19)20)17(21)18-11-14-3-2-10-22-14/h2-7,10,15H,8-9,11H2,1H3,(H,18,21). The second kappa shape index (κ2) is 6.05. The van der Waals surface area contributed by atoms with Gasteiger partial charge in [0.2, 0.25) is 11.8 Å². The van der Waals surface area contributed by atoms with Crippen LogP contribution >= 0.6 is 0 Å². The van der Waals surface area contributed by atoms with E-state index in [2.05, 4.69) is 5.32 Å².